The molecule has 4 nitrogen and oxygen atoms in total. The van der Waals surface area contributed by atoms with Crippen LogP contribution in [0.1, 0.15) is 26.3 Å². The minimum Gasteiger partial charge on any atom is -0.510 e. The van der Waals surface area contributed by atoms with Gasteiger partial charge in [-0.05, 0) is 71.9 Å². The number of nitrogens with zero attached hydrogens (tertiary/aromatic N) is 3. The largest absolute Gasteiger partial charge is 4.00 e. The molecule has 0 aliphatic carbocycles. The van der Waals surface area contributed by atoms with Gasteiger partial charge in [0.1, 0.15) is 0 Å². The van der Waals surface area contributed by atoms with Gasteiger partial charge in [-0.1, -0.05) is 171 Å². The zero-order valence-corrected chi connectivity index (χ0v) is 37.8. The van der Waals surface area contributed by atoms with Gasteiger partial charge in [0.2, 0.25) is 0 Å². The van der Waals surface area contributed by atoms with Crippen molar-refractivity contribution in [3.63, 3.8) is 0 Å². The Labute approximate surface area is 385 Å². The van der Waals surface area contributed by atoms with Gasteiger partial charge >= 0.3 is 21.1 Å². The van der Waals surface area contributed by atoms with Crippen molar-refractivity contribution in [2.24, 2.45) is 0 Å². The topological polar surface area (TPSA) is 27.4 Å². The molecule has 0 radical (unpaired) electrons. The molecule has 3 heterocycles. The van der Waals surface area contributed by atoms with E-state index in [4.69, 9.17) is 4.42 Å². The Bertz CT molecular complexity index is 3900. The Kier molecular flexibility index (Phi) is 9.60. The number of benzene rings is 9. The normalized spacial score (nSPS) is 11.9. The first-order valence-corrected chi connectivity index (χ1v) is 21.5. The molecule has 0 saturated carbocycles. The van der Waals surface area contributed by atoms with Crippen molar-refractivity contribution in [1.82, 2.24) is 13.5 Å². The van der Waals surface area contributed by atoms with E-state index in [0.717, 1.165) is 93.2 Å². The van der Waals surface area contributed by atoms with Gasteiger partial charge < -0.3 is 18.0 Å². The number of imidazole rings is 1. The van der Waals surface area contributed by atoms with Crippen LogP contribution >= 0.6 is 0 Å². The zero-order chi connectivity index (χ0) is 42.2. The summed E-state index contributed by atoms with van der Waals surface area (Å²) in [7, 11) is 0. The molecular weight excluding hydrogens is 962 g/mol. The molecule has 0 N–H and O–H groups in total. The van der Waals surface area contributed by atoms with Gasteiger partial charge in [-0.15, -0.1) is 58.3 Å². The maximum absolute atomic E-state index is 6.71. The third-order valence-electron chi connectivity index (χ3n) is 12.4. The van der Waals surface area contributed by atoms with Crippen molar-refractivity contribution >= 4 is 81.8 Å². The van der Waals surface area contributed by atoms with Gasteiger partial charge in [0.25, 0.3) is 0 Å². The summed E-state index contributed by atoms with van der Waals surface area (Å²) in [6.45, 7) is 6.83. The Morgan fingerprint density at radius 3 is 1.98 bits per heavy atom. The molecule has 0 spiro atoms. The fraction of sp³-hybridized carbons (Fsp3) is 0.0678. The minimum atomic E-state index is -0.132. The molecule has 0 amide bonds. The second-order valence-corrected chi connectivity index (χ2v) is 17.4. The van der Waals surface area contributed by atoms with Crippen molar-refractivity contribution in [1.29, 1.82) is 0 Å². The number of aromatic nitrogens is 3. The monoisotopic (exact) mass is 1000 g/mol. The van der Waals surface area contributed by atoms with Crippen LogP contribution in [-0.2, 0) is 26.5 Å². The summed E-state index contributed by atoms with van der Waals surface area (Å²) in [4.78, 5) is 0. The summed E-state index contributed by atoms with van der Waals surface area (Å²) < 4.78 is 13.6. The van der Waals surface area contributed by atoms with Crippen LogP contribution in [-0.4, -0.2) is 13.5 Å². The number of hydrogen-bond donors (Lipinski definition) is 0. The maximum atomic E-state index is 6.71. The fourth-order valence-corrected chi connectivity index (χ4v) is 9.38. The molecule has 1 aliphatic rings. The minimum absolute atomic E-state index is 0. The van der Waals surface area contributed by atoms with Gasteiger partial charge in [-0.3, -0.25) is 0 Å². The number of hydrogen-bond acceptors (Lipinski definition) is 1. The van der Waals surface area contributed by atoms with Crippen LogP contribution < -0.4 is 0 Å². The standard InChI is InChI=1S/C59H41N3O.Pt/c1-59(2,3)43-33-42-34-45(35-43)62-54-27-10-9-24-51(54)52-31-30-47(37-57(52)62)63-46-21-14-20-44(36-46)60-38-61(56-29-12-11-28-55(56)60)58-49(39-16-5-4-6-17-39)25-15-26-53(58)50-23-8-7-22-48(50)41-19-13-18-40(42)32-41;/h4-33,35,38H,1-3H3;/q-4;+4. The van der Waals surface area contributed by atoms with Crippen LogP contribution in [0.5, 0.6) is 0 Å². The maximum Gasteiger partial charge on any atom is 4.00 e. The number of rotatable bonds is 1. The molecular formula is C59H41N3OPt. The average Bonchev–Trinajstić information content (AvgIpc) is 3.87. The van der Waals surface area contributed by atoms with Crippen LogP contribution in [0.25, 0.3) is 104 Å². The predicted molar refractivity (Wildman–Crippen MR) is 262 cm³/mol. The molecule has 5 heteroatoms. The van der Waals surface area contributed by atoms with Crippen LogP contribution in [0.4, 0.5) is 0 Å². The first-order chi connectivity index (χ1) is 30.9. The van der Waals surface area contributed by atoms with E-state index in [0.29, 0.717) is 11.2 Å². The van der Waals surface area contributed by atoms with Crippen LogP contribution in [0.2, 0.25) is 0 Å². The molecule has 0 atom stereocenters. The molecule has 1 aliphatic heterocycles. The average molecular weight is 1000 g/mol. The van der Waals surface area contributed by atoms with Gasteiger partial charge in [0, 0.05) is 23.0 Å². The third-order valence-corrected chi connectivity index (χ3v) is 12.4. The van der Waals surface area contributed by atoms with Gasteiger partial charge in [-0.25, -0.2) is 0 Å². The SMILES string of the molecule is CC(C)(C)c1cc2[c-]c(c1)n1c3[c-]c(ccc3c3ccccc31)oc1[c-]c(ccc1)n1[cH-]n(c3c(-c4ccccc4)cccc3c3ccccc3c3cccc2c3)-c2ccccc2-1.[Pt+4]. The fourth-order valence-electron chi connectivity index (χ4n) is 9.38. The summed E-state index contributed by atoms with van der Waals surface area (Å²) in [6, 6.07) is 78.4. The van der Waals surface area contributed by atoms with Crippen LogP contribution in [0.15, 0.2) is 199 Å². The van der Waals surface area contributed by atoms with E-state index < -0.39 is 0 Å². The van der Waals surface area contributed by atoms with Crippen molar-refractivity contribution in [2.45, 2.75) is 26.2 Å². The molecule has 11 aromatic rings. The molecule has 0 unspecified atom stereocenters. The van der Waals surface area contributed by atoms with E-state index in [9.17, 15) is 0 Å². The summed E-state index contributed by atoms with van der Waals surface area (Å²) in [5.74, 6) is 0. The summed E-state index contributed by atoms with van der Waals surface area (Å²) in [5.41, 5.74) is 11.6. The van der Waals surface area contributed by atoms with Crippen molar-refractivity contribution in [2.75, 3.05) is 0 Å². The van der Waals surface area contributed by atoms with E-state index in [1.807, 2.05) is 18.2 Å². The molecule has 2 aromatic heterocycles. The summed E-state index contributed by atoms with van der Waals surface area (Å²) in [5, 5.41) is 8.92. The van der Waals surface area contributed by atoms with Crippen LogP contribution in [0, 0.1) is 18.2 Å². The molecule has 12 rings (SSSR count). The molecule has 0 saturated heterocycles. The Morgan fingerprint density at radius 1 is 0.484 bits per heavy atom. The summed E-state index contributed by atoms with van der Waals surface area (Å²) in [6.07, 6.45) is 2.20. The van der Waals surface area contributed by atoms with E-state index in [-0.39, 0.29) is 26.5 Å². The van der Waals surface area contributed by atoms with Crippen LogP contribution in [0.3, 0.4) is 0 Å². The number of fused-ring (bicyclic) bond motifs is 23. The molecule has 308 valence electrons. The molecule has 9 aromatic carbocycles. The van der Waals surface area contributed by atoms with Crippen molar-refractivity contribution < 1.29 is 25.5 Å². The van der Waals surface area contributed by atoms with Crippen molar-refractivity contribution in [3.8, 4) is 22.5 Å². The van der Waals surface area contributed by atoms with Gasteiger partial charge in [-0.2, -0.15) is 24.3 Å². The van der Waals surface area contributed by atoms with E-state index in [1.54, 1.807) is 0 Å². The van der Waals surface area contributed by atoms with Crippen molar-refractivity contribution in [3.05, 3.63) is 218 Å². The first-order valence-electron chi connectivity index (χ1n) is 21.5. The quantitative estimate of drug-likeness (QED) is 0.151. The second-order valence-electron chi connectivity index (χ2n) is 17.4. The van der Waals surface area contributed by atoms with Gasteiger partial charge in [0.15, 0.2) is 0 Å². The summed E-state index contributed by atoms with van der Waals surface area (Å²) >= 11 is 0. The van der Waals surface area contributed by atoms with E-state index in [2.05, 4.69) is 229 Å². The first kappa shape index (κ1) is 39.6. The van der Waals surface area contributed by atoms with E-state index in [1.165, 1.54) is 5.56 Å². The Hall–Kier alpha value is -7.26. The Balaban J connectivity index is 0.00000456. The second kappa shape index (κ2) is 15.5. The Morgan fingerprint density at radius 2 is 1.16 bits per heavy atom. The third kappa shape index (κ3) is 6.60. The van der Waals surface area contributed by atoms with E-state index >= 15 is 0 Å². The zero-order valence-electron chi connectivity index (χ0n) is 35.5. The van der Waals surface area contributed by atoms with Gasteiger partial charge in [0.05, 0.1) is 0 Å². The smallest absolute Gasteiger partial charge is 0.510 e. The molecule has 10 bridgehead atoms. The molecule has 64 heavy (non-hydrogen) atoms. The molecule has 0 fully saturated rings. The number of para-hydroxylation sites is 4. The predicted octanol–water partition coefficient (Wildman–Crippen LogP) is 15.5.